The minimum absolute atomic E-state index is 0.461. The number of methoxy groups -OCH3 is 2. The van der Waals surface area contributed by atoms with Crippen molar-refractivity contribution in [1.82, 2.24) is 9.97 Å². The lowest BCUT2D eigenvalue weighted by Crippen LogP contribution is -1.99. The molecule has 0 aliphatic rings. The van der Waals surface area contributed by atoms with Crippen molar-refractivity contribution in [3.63, 3.8) is 0 Å². The maximum atomic E-state index is 5.93. The van der Waals surface area contributed by atoms with E-state index < -0.39 is 0 Å². The van der Waals surface area contributed by atoms with Crippen LogP contribution in [0.25, 0.3) is 0 Å². The first-order valence-corrected chi connectivity index (χ1v) is 6.21. The summed E-state index contributed by atoms with van der Waals surface area (Å²) in [7, 11) is 3.22. The topological polar surface area (TPSA) is 44.2 Å². The van der Waals surface area contributed by atoms with Gasteiger partial charge in [-0.15, -0.1) is 0 Å². The van der Waals surface area contributed by atoms with Crippen LogP contribution in [0.3, 0.4) is 0 Å². The van der Waals surface area contributed by atoms with Crippen LogP contribution in [0.1, 0.15) is 17.1 Å². The van der Waals surface area contributed by atoms with E-state index in [2.05, 4.69) is 9.97 Å². The van der Waals surface area contributed by atoms with E-state index in [9.17, 15) is 0 Å². The van der Waals surface area contributed by atoms with E-state index in [4.69, 9.17) is 21.1 Å². The van der Waals surface area contributed by atoms with Crippen molar-refractivity contribution in [2.45, 2.75) is 13.3 Å². The number of nitrogens with zero attached hydrogens (tertiary/aromatic N) is 2. The molecule has 2 rings (SSSR count). The molecule has 1 aromatic carbocycles. The standard InChI is InChI=1S/C14H15ClN2O2/c1-9-6-13(15)17-14(16-9)8-10-4-5-11(18-2)12(7-10)19-3/h4-7H,8H2,1-3H3. The lowest BCUT2D eigenvalue weighted by atomic mass is 10.1. The van der Waals surface area contributed by atoms with E-state index in [1.165, 1.54) is 0 Å². The Morgan fingerprint density at radius 1 is 1.05 bits per heavy atom. The zero-order valence-electron chi connectivity index (χ0n) is 11.1. The molecule has 0 atom stereocenters. The molecule has 0 fully saturated rings. The molecule has 0 aliphatic carbocycles. The largest absolute Gasteiger partial charge is 0.493 e. The van der Waals surface area contributed by atoms with Gasteiger partial charge >= 0.3 is 0 Å². The smallest absolute Gasteiger partial charge is 0.161 e. The van der Waals surface area contributed by atoms with Gasteiger partial charge in [0.05, 0.1) is 14.2 Å². The molecule has 0 bridgehead atoms. The van der Waals surface area contributed by atoms with Gasteiger partial charge in [0.25, 0.3) is 0 Å². The van der Waals surface area contributed by atoms with Crippen LogP contribution < -0.4 is 9.47 Å². The summed E-state index contributed by atoms with van der Waals surface area (Å²) in [5.41, 5.74) is 1.90. The molecule has 4 nitrogen and oxygen atoms in total. The second kappa shape index (κ2) is 5.89. The van der Waals surface area contributed by atoms with Gasteiger partial charge in [0.15, 0.2) is 11.5 Å². The zero-order valence-corrected chi connectivity index (χ0v) is 11.9. The molecule has 0 saturated carbocycles. The lowest BCUT2D eigenvalue weighted by Gasteiger charge is -2.09. The molecule has 0 saturated heterocycles. The minimum atomic E-state index is 0.461. The van der Waals surface area contributed by atoms with Crippen molar-refractivity contribution in [3.8, 4) is 11.5 Å². The maximum absolute atomic E-state index is 5.93. The van der Waals surface area contributed by atoms with Crippen LogP contribution in [0, 0.1) is 6.92 Å². The Hall–Kier alpha value is -1.81. The van der Waals surface area contributed by atoms with Crippen molar-refractivity contribution in [2.24, 2.45) is 0 Å². The molecule has 0 aliphatic heterocycles. The normalized spacial score (nSPS) is 10.3. The molecule has 1 heterocycles. The fourth-order valence-electron chi connectivity index (χ4n) is 1.84. The third-order valence-corrected chi connectivity index (χ3v) is 2.87. The number of hydrogen-bond donors (Lipinski definition) is 0. The van der Waals surface area contributed by atoms with Crippen LogP contribution in [-0.2, 0) is 6.42 Å². The number of rotatable bonds is 4. The summed E-state index contributed by atoms with van der Waals surface area (Å²) < 4.78 is 10.5. The van der Waals surface area contributed by atoms with Gasteiger partial charge in [0, 0.05) is 12.1 Å². The number of benzene rings is 1. The molecule has 19 heavy (non-hydrogen) atoms. The van der Waals surface area contributed by atoms with Crippen molar-refractivity contribution < 1.29 is 9.47 Å². The van der Waals surface area contributed by atoms with Crippen LogP contribution in [0.15, 0.2) is 24.3 Å². The lowest BCUT2D eigenvalue weighted by molar-refractivity contribution is 0.354. The summed E-state index contributed by atoms with van der Waals surface area (Å²) in [4.78, 5) is 8.57. The van der Waals surface area contributed by atoms with Crippen molar-refractivity contribution in [3.05, 3.63) is 46.5 Å². The minimum Gasteiger partial charge on any atom is -0.493 e. The summed E-state index contributed by atoms with van der Waals surface area (Å²) in [5.74, 6) is 2.09. The number of halogens is 1. The summed E-state index contributed by atoms with van der Waals surface area (Å²) in [6.07, 6.45) is 0.599. The summed E-state index contributed by atoms with van der Waals surface area (Å²) in [5, 5.41) is 0.461. The molecule has 0 spiro atoms. The van der Waals surface area contributed by atoms with Gasteiger partial charge in [-0.2, -0.15) is 0 Å². The number of ether oxygens (including phenoxy) is 2. The summed E-state index contributed by atoms with van der Waals surface area (Å²) in [6, 6.07) is 7.48. The van der Waals surface area contributed by atoms with Crippen molar-refractivity contribution in [2.75, 3.05) is 14.2 Å². The van der Waals surface area contributed by atoms with Gasteiger partial charge in [-0.1, -0.05) is 17.7 Å². The summed E-state index contributed by atoms with van der Waals surface area (Å²) in [6.45, 7) is 1.89. The molecule has 1 aromatic heterocycles. The second-order valence-corrected chi connectivity index (χ2v) is 4.50. The molecule has 0 unspecified atom stereocenters. The predicted molar refractivity (Wildman–Crippen MR) is 74.1 cm³/mol. The molecular weight excluding hydrogens is 264 g/mol. The molecule has 100 valence electrons. The van der Waals surface area contributed by atoms with E-state index in [-0.39, 0.29) is 0 Å². The average Bonchev–Trinajstić information content (AvgIpc) is 2.37. The highest BCUT2D eigenvalue weighted by Gasteiger charge is 2.07. The fourth-order valence-corrected chi connectivity index (χ4v) is 2.10. The monoisotopic (exact) mass is 278 g/mol. The highest BCUT2D eigenvalue weighted by molar-refractivity contribution is 6.29. The van der Waals surface area contributed by atoms with E-state index in [0.717, 1.165) is 11.3 Å². The van der Waals surface area contributed by atoms with Gasteiger partial charge in [-0.25, -0.2) is 9.97 Å². The molecule has 0 radical (unpaired) electrons. The van der Waals surface area contributed by atoms with Gasteiger partial charge < -0.3 is 9.47 Å². The van der Waals surface area contributed by atoms with Crippen LogP contribution in [-0.4, -0.2) is 24.2 Å². The third kappa shape index (κ3) is 3.35. The first-order chi connectivity index (χ1) is 9.12. The Balaban J connectivity index is 2.28. The van der Waals surface area contributed by atoms with E-state index in [0.29, 0.717) is 28.9 Å². The van der Waals surface area contributed by atoms with Crippen LogP contribution in [0.2, 0.25) is 5.15 Å². The maximum Gasteiger partial charge on any atom is 0.161 e. The highest BCUT2D eigenvalue weighted by Crippen LogP contribution is 2.28. The fraction of sp³-hybridized carbons (Fsp3) is 0.286. The second-order valence-electron chi connectivity index (χ2n) is 4.11. The molecule has 2 aromatic rings. The molecule has 0 amide bonds. The van der Waals surface area contributed by atoms with Crippen molar-refractivity contribution >= 4 is 11.6 Å². The van der Waals surface area contributed by atoms with Gasteiger partial charge in [0.1, 0.15) is 11.0 Å². The molecule has 0 N–H and O–H groups in total. The molecular formula is C14H15ClN2O2. The van der Waals surface area contributed by atoms with E-state index in [1.807, 2.05) is 25.1 Å². The Kier molecular flexibility index (Phi) is 4.22. The van der Waals surface area contributed by atoms with Gasteiger partial charge in [-0.05, 0) is 30.7 Å². The van der Waals surface area contributed by atoms with Crippen LogP contribution in [0.4, 0.5) is 0 Å². The Bertz CT molecular complexity index is 567. The van der Waals surface area contributed by atoms with Crippen LogP contribution >= 0.6 is 11.6 Å². The predicted octanol–water partition coefficient (Wildman–Crippen LogP) is 3.05. The molecule has 5 heteroatoms. The van der Waals surface area contributed by atoms with Gasteiger partial charge in [0.2, 0.25) is 0 Å². The SMILES string of the molecule is COc1ccc(Cc2nc(C)cc(Cl)n2)cc1OC. The van der Waals surface area contributed by atoms with Crippen LogP contribution in [0.5, 0.6) is 11.5 Å². The van der Waals surface area contributed by atoms with E-state index in [1.54, 1.807) is 20.3 Å². The Morgan fingerprint density at radius 2 is 1.79 bits per heavy atom. The highest BCUT2D eigenvalue weighted by atomic mass is 35.5. The zero-order chi connectivity index (χ0) is 13.8. The Labute approximate surface area is 117 Å². The van der Waals surface area contributed by atoms with Crippen molar-refractivity contribution in [1.29, 1.82) is 0 Å². The third-order valence-electron chi connectivity index (χ3n) is 2.68. The first-order valence-electron chi connectivity index (χ1n) is 5.83. The van der Waals surface area contributed by atoms with Gasteiger partial charge in [-0.3, -0.25) is 0 Å². The average molecular weight is 279 g/mol. The Morgan fingerprint density at radius 3 is 2.42 bits per heavy atom. The first kappa shape index (κ1) is 13.6. The number of aryl methyl sites for hydroxylation is 1. The quantitative estimate of drug-likeness (QED) is 0.807. The summed E-state index contributed by atoms with van der Waals surface area (Å²) >= 11 is 5.93. The van der Waals surface area contributed by atoms with E-state index >= 15 is 0 Å². The number of aromatic nitrogens is 2. The number of hydrogen-bond acceptors (Lipinski definition) is 4.